The van der Waals surface area contributed by atoms with E-state index in [0.29, 0.717) is 12.3 Å². The van der Waals surface area contributed by atoms with E-state index in [4.69, 9.17) is 0 Å². The molecule has 0 atom stereocenters. The minimum atomic E-state index is 0.0207. The number of unbranched alkanes of at least 4 members (excludes halogenated alkanes) is 1. The summed E-state index contributed by atoms with van der Waals surface area (Å²) in [5, 5.41) is 13.0. The number of anilines is 2. The number of phenolic OH excluding ortho intramolecular Hbond substituents is 1. The van der Waals surface area contributed by atoms with Crippen LogP contribution in [0.1, 0.15) is 25.3 Å². The van der Waals surface area contributed by atoms with Crippen LogP contribution in [0.15, 0.2) is 48.5 Å². The quantitative estimate of drug-likeness (QED) is 0.786. The fourth-order valence-electron chi connectivity index (χ4n) is 3.42. The van der Waals surface area contributed by atoms with E-state index in [1.807, 2.05) is 30.3 Å². The average molecular weight is 367 g/mol. The predicted molar refractivity (Wildman–Crippen MR) is 110 cm³/mol. The summed E-state index contributed by atoms with van der Waals surface area (Å²) in [4.78, 5) is 16.7. The van der Waals surface area contributed by atoms with Gasteiger partial charge in [0.15, 0.2) is 0 Å². The number of piperazine rings is 1. The minimum absolute atomic E-state index is 0.0207. The van der Waals surface area contributed by atoms with Crippen molar-refractivity contribution in [3.8, 4) is 5.75 Å². The van der Waals surface area contributed by atoms with Gasteiger partial charge in [0.1, 0.15) is 5.75 Å². The van der Waals surface area contributed by atoms with E-state index in [9.17, 15) is 9.90 Å². The van der Waals surface area contributed by atoms with Crippen molar-refractivity contribution in [3.63, 3.8) is 0 Å². The Morgan fingerprint density at radius 3 is 2.41 bits per heavy atom. The molecule has 1 heterocycles. The Balaban J connectivity index is 1.45. The Labute approximate surface area is 161 Å². The maximum absolute atomic E-state index is 12.3. The van der Waals surface area contributed by atoms with E-state index in [2.05, 4.69) is 34.2 Å². The molecule has 0 radical (unpaired) electrons. The first kappa shape index (κ1) is 19.2. The van der Waals surface area contributed by atoms with Crippen LogP contribution in [0, 0.1) is 0 Å². The fraction of sp³-hybridized carbons (Fsp3) is 0.409. The number of benzene rings is 2. The third kappa shape index (κ3) is 5.47. The number of phenols is 1. The second-order valence-electron chi connectivity index (χ2n) is 7.10. The average Bonchev–Trinajstić information content (AvgIpc) is 2.68. The number of amides is 1. The number of nitrogens with zero attached hydrogens (tertiary/aromatic N) is 2. The molecule has 0 spiro atoms. The van der Waals surface area contributed by atoms with Crippen LogP contribution < -0.4 is 10.2 Å². The molecule has 1 fully saturated rings. The molecule has 1 saturated heterocycles. The van der Waals surface area contributed by atoms with Crippen molar-refractivity contribution in [2.75, 3.05) is 42.9 Å². The molecule has 2 N–H and O–H groups in total. The molecule has 5 heteroatoms. The number of para-hydroxylation sites is 2. The lowest BCUT2D eigenvalue weighted by Gasteiger charge is -2.35. The lowest BCUT2D eigenvalue weighted by molar-refractivity contribution is -0.117. The molecule has 3 rings (SSSR count). The van der Waals surface area contributed by atoms with Crippen molar-refractivity contribution in [1.82, 2.24) is 4.90 Å². The van der Waals surface area contributed by atoms with Crippen LogP contribution in [0.4, 0.5) is 11.4 Å². The predicted octanol–water partition coefficient (Wildman–Crippen LogP) is 3.50. The summed E-state index contributed by atoms with van der Waals surface area (Å²) in [6.45, 7) is 5.80. The molecule has 5 nitrogen and oxygen atoms in total. The fourth-order valence-corrected chi connectivity index (χ4v) is 3.42. The highest BCUT2D eigenvalue weighted by molar-refractivity contribution is 5.92. The van der Waals surface area contributed by atoms with Gasteiger partial charge in [-0.1, -0.05) is 37.6 Å². The zero-order valence-electron chi connectivity index (χ0n) is 16.0. The van der Waals surface area contributed by atoms with E-state index in [0.717, 1.165) is 44.0 Å². The second-order valence-corrected chi connectivity index (χ2v) is 7.10. The maximum atomic E-state index is 12.3. The number of carbonyl (C=O) groups is 1. The first-order chi connectivity index (χ1) is 13.2. The standard InChI is InChI=1S/C22H29N3O2/c1-2-3-6-18-9-11-19(12-10-18)23-22(27)17-24-13-15-25(16-14-24)20-7-4-5-8-21(20)26/h4-5,7-12,26H,2-3,6,13-17H2,1H3,(H,23,27). The number of carbonyl (C=O) groups excluding carboxylic acids is 1. The van der Waals surface area contributed by atoms with Crippen LogP contribution in [-0.2, 0) is 11.2 Å². The Hall–Kier alpha value is -2.53. The molecule has 144 valence electrons. The molecule has 2 aromatic carbocycles. The smallest absolute Gasteiger partial charge is 0.238 e. The lowest BCUT2D eigenvalue weighted by Crippen LogP contribution is -2.48. The van der Waals surface area contributed by atoms with Gasteiger partial charge in [0, 0.05) is 31.9 Å². The summed E-state index contributed by atoms with van der Waals surface area (Å²) in [6.07, 6.45) is 3.47. The maximum Gasteiger partial charge on any atom is 0.238 e. The van der Waals surface area contributed by atoms with Crippen LogP contribution in [0.2, 0.25) is 0 Å². The molecule has 0 saturated carbocycles. The van der Waals surface area contributed by atoms with Gasteiger partial charge in [-0.15, -0.1) is 0 Å². The molecule has 0 aromatic heterocycles. The number of rotatable bonds is 7. The van der Waals surface area contributed by atoms with Crippen LogP contribution >= 0.6 is 0 Å². The first-order valence-electron chi connectivity index (χ1n) is 9.80. The zero-order valence-corrected chi connectivity index (χ0v) is 16.0. The molecule has 0 aliphatic carbocycles. The Kier molecular flexibility index (Phi) is 6.71. The molecular weight excluding hydrogens is 338 g/mol. The van der Waals surface area contributed by atoms with Gasteiger partial charge in [0.05, 0.1) is 12.2 Å². The molecule has 1 aliphatic heterocycles. The molecule has 0 bridgehead atoms. The van der Waals surface area contributed by atoms with E-state index < -0.39 is 0 Å². The topological polar surface area (TPSA) is 55.8 Å². The highest BCUT2D eigenvalue weighted by Gasteiger charge is 2.20. The zero-order chi connectivity index (χ0) is 19.1. The summed E-state index contributed by atoms with van der Waals surface area (Å²) in [5.41, 5.74) is 3.04. The molecule has 2 aromatic rings. The first-order valence-corrected chi connectivity index (χ1v) is 9.80. The molecule has 27 heavy (non-hydrogen) atoms. The van der Waals surface area contributed by atoms with Gasteiger partial charge in [-0.2, -0.15) is 0 Å². The number of hydrogen-bond acceptors (Lipinski definition) is 4. The van der Waals surface area contributed by atoms with Crippen molar-refractivity contribution in [2.45, 2.75) is 26.2 Å². The Morgan fingerprint density at radius 1 is 1.04 bits per heavy atom. The highest BCUT2D eigenvalue weighted by Crippen LogP contribution is 2.27. The van der Waals surface area contributed by atoms with Gasteiger partial charge in [0.25, 0.3) is 0 Å². The van der Waals surface area contributed by atoms with Gasteiger partial charge in [-0.25, -0.2) is 0 Å². The normalized spacial score (nSPS) is 14.9. The molecular formula is C22H29N3O2. The Bertz CT molecular complexity index is 737. The van der Waals surface area contributed by atoms with Crippen molar-refractivity contribution in [3.05, 3.63) is 54.1 Å². The molecule has 1 amide bonds. The van der Waals surface area contributed by atoms with E-state index in [1.165, 1.54) is 18.4 Å². The van der Waals surface area contributed by atoms with E-state index in [-0.39, 0.29) is 5.91 Å². The number of hydrogen-bond donors (Lipinski definition) is 2. The number of aromatic hydroxyl groups is 1. The largest absolute Gasteiger partial charge is 0.506 e. The van der Waals surface area contributed by atoms with Crippen molar-refractivity contribution >= 4 is 17.3 Å². The van der Waals surface area contributed by atoms with Crippen LogP contribution in [0.3, 0.4) is 0 Å². The van der Waals surface area contributed by atoms with Gasteiger partial charge in [-0.3, -0.25) is 9.69 Å². The van der Waals surface area contributed by atoms with Gasteiger partial charge in [0.2, 0.25) is 5.91 Å². The van der Waals surface area contributed by atoms with Crippen LogP contribution in [0.25, 0.3) is 0 Å². The second kappa shape index (κ2) is 9.42. The van der Waals surface area contributed by atoms with Crippen LogP contribution in [0.5, 0.6) is 5.75 Å². The van der Waals surface area contributed by atoms with Crippen LogP contribution in [-0.4, -0.2) is 48.6 Å². The van der Waals surface area contributed by atoms with Gasteiger partial charge in [-0.05, 0) is 42.7 Å². The Morgan fingerprint density at radius 2 is 1.74 bits per heavy atom. The van der Waals surface area contributed by atoms with E-state index >= 15 is 0 Å². The summed E-state index contributed by atoms with van der Waals surface area (Å²) in [7, 11) is 0. The molecule has 1 aliphatic rings. The highest BCUT2D eigenvalue weighted by atomic mass is 16.3. The third-order valence-electron chi connectivity index (χ3n) is 5.02. The number of aryl methyl sites for hydroxylation is 1. The van der Waals surface area contributed by atoms with Gasteiger partial charge < -0.3 is 15.3 Å². The summed E-state index contributed by atoms with van der Waals surface area (Å²) in [5.74, 6) is 0.332. The summed E-state index contributed by atoms with van der Waals surface area (Å²) in [6, 6.07) is 15.6. The molecule has 0 unspecified atom stereocenters. The SMILES string of the molecule is CCCCc1ccc(NC(=O)CN2CCN(c3ccccc3O)CC2)cc1. The van der Waals surface area contributed by atoms with Gasteiger partial charge >= 0.3 is 0 Å². The third-order valence-corrected chi connectivity index (χ3v) is 5.02. The monoisotopic (exact) mass is 367 g/mol. The lowest BCUT2D eigenvalue weighted by atomic mass is 10.1. The minimum Gasteiger partial charge on any atom is -0.506 e. The van der Waals surface area contributed by atoms with Crippen molar-refractivity contribution < 1.29 is 9.90 Å². The summed E-state index contributed by atoms with van der Waals surface area (Å²) < 4.78 is 0. The summed E-state index contributed by atoms with van der Waals surface area (Å²) >= 11 is 0. The van der Waals surface area contributed by atoms with Crippen molar-refractivity contribution in [2.24, 2.45) is 0 Å². The number of nitrogens with one attached hydrogen (secondary N) is 1. The van der Waals surface area contributed by atoms with Crippen molar-refractivity contribution in [1.29, 1.82) is 0 Å². The van der Waals surface area contributed by atoms with E-state index in [1.54, 1.807) is 6.07 Å².